The number of carbonyl (C=O) groups excluding carboxylic acids is 4. The van der Waals surface area contributed by atoms with Gasteiger partial charge in [-0.3, -0.25) is 4.79 Å². The quantitative estimate of drug-likeness (QED) is 0.168. The molecule has 0 unspecified atom stereocenters. The summed E-state index contributed by atoms with van der Waals surface area (Å²) in [7, 11) is -4.95. The van der Waals surface area contributed by atoms with Gasteiger partial charge in [0.15, 0.2) is 41.7 Å². The molecule has 3 radical (unpaired) electrons. The zero-order valence-electron chi connectivity index (χ0n) is 33.6. The van der Waals surface area contributed by atoms with Crippen LogP contribution in [0.25, 0.3) is 16.0 Å². The summed E-state index contributed by atoms with van der Waals surface area (Å²) in [4.78, 5) is 43.0. The minimum atomic E-state index is -1.81. The summed E-state index contributed by atoms with van der Waals surface area (Å²) in [6, 6.07) is 4.37. The third kappa shape index (κ3) is 20.3. The number of allylic oxidation sites excluding steroid dienone is 2. The van der Waals surface area contributed by atoms with Crippen LogP contribution in [-0.4, -0.2) is 76.0 Å². The molecule has 6 aliphatic rings. The van der Waals surface area contributed by atoms with Crippen molar-refractivity contribution in [2.45, 2.75) is 106 Å². The molecule has 57 heavy (non-hydrogen) atoms. The van der Waals surface area contributed by atoms with E-state index in [1.54, 1.807) is 60.8 Å². The number of hydrogen-bond acceptors (Lipinski definition) is 9. The van der Waals surface area contributed by atoms with Gasteiger partial charge in [-0.2, -0.15) is 10.5 Å². The molecule has 0 aromatic carbocycles. The Kier molecular flexibility index (Phi) is 28.6. The SMILES string of the molecule is C[Si](C)(C)C#N.C[Si](C)(C)OC1(C#N)C=CC2(C=C1)CC(=O)[N-]2.C[Si](C)(C)OC1(C#N)C=CC2(C=C1)CC(=O)[N-]2.O=C1C=CC2(C=C1)CC(=O)[N-]2.[W].[W].[W].[Y].[Y].[Y]. The van der Waals surface area contributed by atoms with Gasteiger partial charge in [-0.1, -0.05) is 72.7 Å². The molecule has 12 nitrogen and oxygen atoms in total. The zero-order chi connectivity index (χ0) is 38.6. The number of hydrogen-bond donors (Lipinski definition) is 0. The number of carbonyl (C=O) groups is 4. The van der Waals surface area contributed by atoms with Crippen molar-refractivity contribution in [3.8, 4) is 17.8 Å². The fourth-order valence-electron chi connectivity index (χ4n) is 5.17. The average molecular weight is 1560 g/mol. The standard InChI is InChI=1S/2C12H16N2O2Si.C8H7NO2.C4H9NSi.3W.3Y/c2*1-17(2,3)16-12(9-13)6-4-11(5-7-12)8-10(15)14-11;10-6-1-3-8(4-2-6)5-7(11)9-8;1-6(2,3)4-5;;;;;;/h2*4-7H,8H2,1-3H3,(H,14,15);1-4H,5H2,(H,9,11);1-3H3;;;;;;/p-3. The second-order valence-electron chi connectivity index (χ2n) is 16.0. The predicted molar refractivity (Wildman–Crippen MR) is 201 cm³/mol. The molecule has 297 valence electrons. The van der Waals surface area contributed by atoms with Crippen LogP contribution in [0.4, 0.5) is 0 Å². The Morgan fingerprint density at radius 1 is 0.509 bits per heavy atom. The van der Waals surface area contributed by atoms with Crippen LogP contribution in [0.3, 0.4) is 0 Å². The van der Waals surface area contributed by atoms with Gasteiger partial charge in [-0.15, -0.1) is 0 Å². The van der Waals surface area contributed by atoms with E-state index in [0.29, 0.717) is 19.3 Å². The maximum absolute atomic E-state index is 10.9. The van der Waals surface area contributed by atoms with Gasteiger partial charge in [0.1, 0.15) is 12.1 Å². The van der Waals surface area contributed by atoms with Gasteiger partial charge in [0.2, 0.25) is 0 Å². The maximum Gasteiger partial charge on any atom is 0.186 e. The van der Waals surface area contributed by atoms with E-state index >= 15 is 0 Å². The van der Waals surface area contributed by atoms with Gasteiger partial charge in [0.05, 0.1) is 17.7 Å². The van der Waals surface area contributed by atoms with Gasteiger partial charge < -0.3 is 39.2 Å². The summed E-state index contributed by atoms with van der Waals surface area (Å²) < 4.78 is 11.8. The summed E-state index contributed by atoms with van der Waals surface area (Å²) in [5.74, 6) is -0.302. The van der Waals surface area contributed by atoms with Crippen LogP contribution in [-0.2, 0) is 189 Å². The van der Waals surface area contributed by atoms with Crippen LogP contribution in [0.5, 0.6) is 0 Å². The summed E-state index contributed by atoms with van der Waals surface area (Å²) in [5.41, 5.74) is -1.17. The smallest absolute Gasteiger partial charge is 0.186 e. The zero-order valence-corrected chi connectivity index (χ0v) is 54.0. The van der Waals surface area contributed by atoms with Crippen molar-refractivity contribution < 1.29 is 189 Å². The fourth-order valence-corrected chi connectivity index (χ4v) is 7.56. The van der Waals surface area contributed by atoms with E-state index in [2.05, 4.69) is 33.8 Å². The molecule has 3 heterocycles. The summed E-state index contributed by atoms with van der Waals surface area (Å²) in [5, 5.41) is 38.4. The van der Waals surface area contributed by atoms with E-state index in [9.17, 15) is 29.7 Å². The molecule has 3 spiro atoms. The number of rotatable bonds is 4. The van der Waals surface area contributed by atoms with Crippen molar-refractivity contribution in [2.75, 3.05) is 0 Å². The minimum absolute atomic E-state index is 0. The van der Waals surface area contributed by atoms with E-state index in [1.807, 2.05) is 58.9 Å². The van der Waals surface area contributed by atoms with Gasteiger partial charge in [-0.25, -0.2) is 5.26 Å². The fraction of sp³-hybridized carbons (Fsp3) is 0.472. The minimum Gasteiger partial charge on any atom is -0.641 e. The molecule has 0 bridgehead atoms. The summed E-state index contributed by atoms with van der Waals surface area (Å²) >= 11 is 0. The van der Waals surface area contributed by atoms with Gasteiger partial charge >= 0.3 is 0 Å². The Morgan fingerprint density at radius 3 is 0.912 bits per heavy atom. The van der Waals surface area contributed by atoms with Crippen molar-refractivity contribution in [1.29, 1.82) is 15.8 Å². The second-order valence-corrected chi connectivity index (χ2v) is 29.6. The van der Waals surface area contributed by atoms with Crippen molar-refractivity contribution in [3.05, 3.63) is 88.9 Å². The monoisotopic (exact) mass is 1560 g/mol. The first-order valence-electron chi connectivity index (χ1n) is 16.5. The average Bonchev–Trinajstić information content (AvgIpc) is 2.98. The van der Waals surface area contributed by atoms with Gasteiger partial charge in [0, 0.05) is 167 Å². The van der Waals surface area contributed by atoms with Gasteiger partial charge in [-0.05, 0) is 95.0 Å². The van der Waals surface area contributed by atoms with E-state index < -0.39 is 52.5 Å². The second kappa shape index (κ2) is 25.3. The van der Waals surface area contributed by atoms with Crippen LogP contribution >= 0.6 is 0 Å². The molecular weight excluding hydrogens is 1510 g/mol. The Balaban J connectivity index is -0.000000334. The Hall–Kier alpha value is 0.937. The molecule has 3 aliphatic heterocycles. The van der Waals surface area contributed by atoms with Crippen LogP contribution in [0, 0.1) is 33.6 Å². The number of nitriles is 3. The number of amides is 3. The first-order valence-corrected chi connectivity index (χ1v) is 26.8. The number of β-lactam (4-membered cyclic amide) rings is 3. The van der Waals surface area contributed by atoms with Gasteiger partial charge in [0.25, 0.3) is 0 Å². The molecule has 3 amide bonds. The molecule has 3 aliphatic carbocycles. The molecule has 3 saturated heterocycles. The van der Waals surface area contributed by atoms with Crippen molar-refractivity contribution in [2.24, 2.45) is 0 Å². The first-order chi connectivity index (χ1) is 23.3. The molecule has 0 aromatic rings. The molecule has 0 saturated carbocycles. The summed E-state index contributed by atoms with van der Waals surface area (Å²) in [6.45, 7) is 18.3. The molecular formula is C36H45N6O6Si3W3Y3-3. The third-order valence-electron chi connectivity index (χ3n) is 7.49. The van der Waals surface area contributed by atoms with Crippen molar-refractivity contribution in [1.82, 2.24) is 0 Å². The molecule has 6 rings (SSSR count). The van der Waals surface area contributed by atoms with Crippen LogP contribution in [0.15, 0.2) is 72.9 Å². The van der Waals surface area contributed by atoms with Crippen molar-refractivity contribution in [3.63, 3.8) is 0 Å². The molecule has 3 fully saturated rings. The van der Waals surface area contributed by atoms with Crippen LogP contribution in [0.2, 0.25) is 58.9 Å². The Bertz CT molecular complexity index is 1630. The summed E-state index contributed by atoms with van der Waals surface area (Å²) in [6.07, 6.45) is 21.6. The largest absolute Gasteiger partial charge is 0.641 e. The normalized spacial score (nSPS) is 27.0. The third-order valence-corrected chi connectivity index (χ3v) is 10.1. The molecule has 0 N–H and O–H groups in total. The topological polar surface area (TPSA) is 200 Å². The molecule has 0 atom stereocenters. The number of ketones is 1. The Labute approximate surface area is 459 Å². The molecule has 0 aromatic heterocycles. The Morgan fingerprint density at radius 2 is 0.737 bits per heavy atom. The van der Waals surface area contributed by atoms with E-state index in [-0.39, 0.29) is 185 Å². The molecule has 21 heteroatoms. The van der Waals surface area contributed by atoms with Crippen LogP contribution < -0.4 is 0 Å². The maximum atomic E-state index is 10.9. The van der Waals surface area contributed by atoms with Crippen LogP contribution in [0.1, 0.15) is 19.3 Å². The van der Waals surface area contributed by atoms with E-state index in [0.717, 1.165) is 0 Å². The van der Waals surface area contributed by atoms with Crippen molar-refractivity contribution >= 4 is 48.2 Å². The van der Waals surface area contributed by atoms with E-state index in [1.165, 1.54) is 12.2 Å². The number of nitrogens with zero attached hydrogens (tertiary/aromatic N) is 6. The predicted octanol–water partition coefficient (Wildman–Crippen LogP) is 6.63. The first kappa shape index (κ1) is 64.6. The van der Waals surface area contributed by atoms with E-state index in [4.69, 9.17) is 14.1 Å².